The number of hydrogen-bond acceptors (Lipinski definition) is 5. The molecule has 1 fully saturated rings. The van der Waals surface area contributed by atoms with Gasteiger partial charge < -0.3 is 9.42 Å². The van der Waals surface area contributed by atoms with Crippen LogP contribution in [0.3, 0.4) is 0 Å². The molecule has 1 saturated heterocycles. The number of nitrogens with zero attached hydrogens (tertiary/aromatic N) is 5. The highest BCUT2D eigenvalue weighted by molar-refractivity contribution is 5.51. The van der Waals surface area contributed by atoms with Gasteiger partial charge in [-0.3, -0.25) is 4.68 Å². The van der Waals surface area contributed by atoms with Crippen molar-refractivity contribution in [3.8, 4) is 11.6 Å². The summed E-state index contributed by atoms with van der Waals surface area (Å²) in [5.41, 5.74) is 1.97. The summed E-state index contributed by atoms with van der Waals surface area (Å²) >= 11 is 0. The van der Waals surface area contributed by atoms with E-state index in [1.165, 1.54) is 12.8 Å². The topological polar surface area (TPSA) is 60.0 Å². The molecule has 1 aliphatic heterocycles. The van der Waals surface area contributed by atoms with E-state index in [2.05, 4.69) is 47.0 Å². The standard InChI is InChI=1S/C14H21N5O/c1-4-19-12(9-11(16-19)10(2)3)13-15-14(17-20-13)18-7-5-6-8-18/h9-10H,4-8H2,1-3H3. The van der Waals surface area contributed by atoms with Crippen LogP contribution in [0.4, 0.5) is 5.95 Å². The summed E-state index contributed by atoms with van der Waals surface area (Å²) in [6, 6.07) is 2.05. The molecule has 20 heavy (non-hydrogen) atoms. The zero-order chi connectivity index (χ0) is 14.1. The molecule has 0 aliphatic carbocycles. The minimum atomic E-state index is 0.391. The molecule has 0 N–H and O–H groups in total. The average Bonchev–Trinajstić information content (AvgIpc) is 3.17. The molecule has 0 aromatic carbocycles. The molecule has 0 amide bonds. The van der Waals surface area contributed by atoms with Gasteiger partial charge in [0.1, 0.15) is 5.69 Å². The fourth-order valence-corrected chi connectivity index (χ4v) is 2.50. The Kier molecular flexibility index (Phi) is 3.46. The lowest BCUT2D eigenvalue weighted by Gasteiger charge is -2.09. The second-order valence-electron chi connectivity index (χ2n) is 5.52. The minimum Gasteiger partial charge on any atom is -0.338 e. The molecule has 2 aromatic heterocycles. The quantitative estimate of drug-likeness (QED) is 0.858. The first-order valence-electron chi connectivity index (χ1n) is 7.35. The van der Waals surface area contributed by atoms with Gasteiger partial charge in [-0.15, -0.1) is 0 Å². The zero-order valence-electron chi connectivity index (χ0n) is 12.3. The summed E-state index contributed by atoms with van der Waals surface area (Å²) in [4.78, 5) is 6.70. The molecule has 108 valence electrons. The van der Waals surface area contributed by atoms with E-state index < -0.39 is 0 Å². The molecule has 0 unspecified atom stereocenters. The summed E-state index contributed by atoms with van der Waals surface area (Å²) in [5, 5.41) is 8.69. The van der Waals surface area contributed by atoms with E-state index in [4.69, 9.17) is 4.52 Å². The van der Waals surface area contributed by atoms with E-state index in [0.29, 0.717) is 17.8 Å². The van der Waals surface area contributed by atoms with E-state index in [1.807, 2.05) is 4.68 Å². The molecule has 6 nitrogen and oxygen atoms in total. The third-order valence-electron chi connectivity index (χ3n) is 3.71. The van der Waals surface area contributed by atoms with Crippen LogP contribution in [0.5, 0.6) is 0 Å². The maximum Gasteiger partial charge on any atom is 0.277 e. The van der Waals surface area contributed by atoms with Gasteiger partial charge in [-0.05, 0) is 36.9 Å². The van der Waals surface area contributed by atoms with E-state index >= 15 is 0 Å². The van der Waals surface area contributed by atoms with Crippen LogP contribution in [-0.4, -0.2) is 33.0 Å². The fourth-order valence-electron chi connectivity index (χ4n) is 2.50. The van der Waals surface area contributed by atoms with Crippen LogP contribution < -0.4 is 4.90 Å². The van der Waals surface area contributed by atoms with Crippen molar-refractivity contribution < 1.29 is 4.52 Å². The third-order valence-corrected chi connectivity index (χ3v) is 3.71. The highest BCUT2D eigenvalue weighted by atomic mass is 16.5. The second-order valence-corrected chi connectivity index (χ2v) is 5.52. The summed E-state index contributed by atoms with van der Waals surface area (Å²) in [5.74, 6) is 1.66. The molecule has 0 atom stereocenters. The van der Waals surface area contributed by atoms with Gasteiger partial charge in [0.25, 0.3) is 11.8 Å². The lowest BCUT2D eigenvalue weighted by atomic mass is 10.1. The van der Waals surface area contributed by atoms with Crippen molar-refractivity contribution in [2.45, 2.75) is 46.1 Å². The highest BCUT2D eigenvalue weighted by Gasteiger charge is 2.21. The normalized spacial score (nSPS) is 15.5. The van der Waals surface area contributed by atoms with Crippen molar-refractivity contribution in [2.75, 3.05) is 18.0 Å². The molecule has 0 radical (unpaired) electrons. The lowest BCUT2D eigenvalue weighted by molar-refractivity contribution is 0.425. The predicted molar refractivity (Wildman–Crippen MR) is 76.7 cm³/mol. The molecule has 0 bridgehead atoms. The predicted octanol–water partition coefficient (Wildman–Crippen LogP) is 2.68. The van der Waals surface area contributed by atoms with Crippen LogP contribution in [-0.2, 0) is 6.54 Å². The molecule has 1 aliphatic rings. The van der Waals surface area contributed by atoms with Gasteiger partial charge in [-0.1, -0.05) is 13.8 Å². The first-order valence-corrected chi connectivity index (χ1v) is 7.35. The smallest absolute Gasteiger partial charge is 0.277 e. The monoisotopic (exact) mass is 275 g/mol. The van der Waals surface area contributed by atoms with Gasteiger partial charge in [0.15, 0.2) is 0 Å². The Bertz CT molecular complexity index is 580. The molecule has 0 saturated carbocycles. The van der Waals surface area contributed by atoms with E-state index in [0.717, 1.165) is 31.0 Å². The molecule has 0 spiro atoms. The van der Waals surface area contributed by atoms with Gasteiger partial charge in [0, 0.05) is 19.6 Å². The average molecular weight is 275 g/mol. The zero-order valence-corrected chi connectivity index (χ0v) is 12.3. The highest BCUT2D eigenvalue weighted by Crippen LogP contribution is 2.25. The molecule has 3 heterocycles. The maximum absolute atomic E-state index is 5.44. The Balaban J connectivity index is 1.92. The SMILES string of the molecule is CCn1nc(C(C)C)cc1-c1nc(N2CCCC2)no1. The lowest BCUT2D eigenvalue weighted by Crippen LogP contribution is -2.18. The van der Waals surface area contributed by atoms with Gasteiger partial charge in [-0.2, -0.15) is 10.1 Å². The van der Waals surface area contributed by atoms with Crippen molar-refractivity contribution in [2.24, 2.45) is 0 Å². The Labute approximate surface area is 118 Å². The molecular weight excluding hydrogens is 254 g/mol. The van der Waals surface area contributed by atoms with Gasteiger partial charge in [0.05, 0.1) is 5.69 Å². The largest absolute Gasteiger partial charge is 0.338 e. The van der Waals surface area contributed by atoms with E-state index in [1.54, 1.807) is 0 Å². The van der Waals surface area contributed by atoms with Crippen molar-refractivity contribution >= 4 is 5.95 Å². The van der Waals surface area contributed by atoms with Crippen LogP contribution >= 0.6 is 0 Å². The second kappa shape index (κ2) is 5.26. The number of anilines is 1. The third kappa shape index (κ3) is 2.30. The fraction of sp³-hybridized carbons (Fsp3) is 0.643. The Morgan fingerprint density at radius 1 is 1.30 bits per heavy atom. The first-order chi connectivity index (χ1) is 9.69. The number of hydrogen-bond donors (Lipinski definition) is 0. The van der Waals surface area contributed by atoms with Crippen molar-refractivity contribution in [3.05, 3.63) is 11.8 Å². The molecule has 2 aromatic rings. The van der Waals surface area contributed by atoms with Crippen LogP contribution in [0.2, 0.25) is 0 Å². The first kappa shape index (κ1) is 13.1. The number of aromatic nitrogens is 4. The van der Waals surface area contributed by atoms with Crippen LogP contribution in [0.25, 0.3) is 11.6 Å². The molecule has 3 rings (SSSR count). The maximum atomic E-state index is 5.44. The van der Waals surface area contributed by atoms with Crippen LogP contribution in [0.1, 0.15) is 45.2 Å². The Hall–Kier alpha value is -1.85. The number of aryl methyl sites for hydroxylation is 1. The Morgan fingerprint density at radius 3 is 2.70 bits per heavy atom. The van der Waals surface area contributed by atoms with Crippen LogP contribution in [0.15, 0.2) is 10.6 Å². The van der Waals surface area contributed by atoms with Crippen molar-refractivity contribution in [3.63, 3.8) is 0 Å². The summed E-state index contributed by atoms with van der Waals surface area (Å²) in [6.07, 6.45) is 2.41. The van der Waals surface area contributed by atoms with Crippen LogP contribution in [0, 0.1) is 0 Å². The molecular formula is C14H21N5O. The summed E-state index contributed by atoms with van der Waals surface area (Å²) in [7, 11) is 0. The van der Waals surface area contributed by atoms with Crippen molar-refractivity contribution in [1.29, 1.82) is 0 Å². The Morgan fingerprint density at radius 2 is 2.05 bits per heavy atom. The summed E-state index contributed by atoms with van der Waals surface area (Å²) in [6.45, 7) is 9.17. The van der Waals surface area contributed by atoms with Gasteiger partial charge in [0.2, 0.25) is 0 Å². The summed E-state index contributed by atoms with van der Waals surface area (Å²) < 4.78 is 7.36. The van der Waals surface area contributed by atoms with Gasteiger partial charge >= 0.3 is 0 Å². The van der Waals surface area contributed by atoms with E-state index in [-0.39, 0.29) is 0 Å². The van der Waals surface area contributed by atoms with Crippen molar-refractivity contribution in [1.82, 2.24) is 19.9 Å². The minimum absolute atomic E-state index is 0.391. The van der Waals surface area contributed by atoms with Gasteiger partial charge in [-0.25, -0.2) is 0 Å². The van der Waals surface area contributed by atoms with E-state index in [9.17, 15) is 0 Å². The molecule has 6 heteroatoms. The number of rotatable bonds is 4.